The number of rotatable bonds is 7. The molecule has 2 aromatic rings. The Bertz CT molecular complexity index is 784. The third kappa shape index (κ3) is 3.84. The Labute approximate surface area is 153 Å². The lowest BCUT2D eigenvalue weighted by Crippen LogP contribution is -2.40. The van der Waals surface area contributed by atoms with Crippen LogP contribution in [0.3, 0.4) is 0 Å². The molecule has 0 aliphatic heterocycles. The molecule has 2 saturated carbocycles. The first kappa shape index (κ1) is 16.9. The van der Waals surface area contributed by atoms with Crippen molar-refractivity contribution >= 4 is 6.03 Å². The van der Waals surface area contributed by atoms with E-state index < -0.39 is 0 Å². The molecule has 6 heteroatoms. The van der Waals surface area contributed by atoms with Crippen LogP contribution in [0, 0.1) is 5.92 Å². The maximum Gasteiger partial charge on any atom is 0.318 e. The summed E-state index contributed by atoms with van der Waals surface area (Å²) in [5.41, 5.74) is 0.962. The predicted molar refractivity (Wildman–Crippen MR) is 96.8 cm³/mol. The van der Waals surface area contributed by atoms with E-state index in [1.54, 1.807) is 13.3 Å². The maximum absolute atomic E-state index is 12.7. The monoisotopic (exact) mass is 355 g/mol. The molecule has 138 valence electrons. The average molecular weight is 355 g/mol. The lowest BCUT2D eigenvalue weighted by Gasteiger charge is -2.22. The molecule has 4 rings (SSSR count). The number of nitrogens with zero attached hydrogens (tertiary/aromatic N) is 2. The van der Waals surface area contributed by atoms with Crippen molar-refractivity contribution in [3.63, 3.8) is 0 Å². The number of urea groups is 1. The molecule has 0 bridgehead atoms. The van der Waals surface area contributed by atoms with Crippen LogP contribution in [-0.2, 0) is 13.1 Å². The van der Waals surface area contributed by atoms with Gasteiger partial charge in [0.2, 0.25) is 5.88 Å². The highest BCUT2D eigenvalue weighted by Crippen LogP contribution is 2.47. The summed E-state index contributed by atoms with van der Waals surface area (Å²) < 4.78 is 11.1. The van der Waals surface area contributed by atoms with E-state index in [-0.39, 0.29) is 6.03 Å². The highest BCUT2D eigenvalue weighted by atomic mass is 16.5. The number of aromatic nitrogens is 1. The van der Waals surface area contributed by atoms with Crippen molar-refractivity contribution in [2.24, 2.45) is 5.92 Å². The van der Waals surface area contributed by atoms with E-state index in [1.807, 2.05) is 23.1 Å². The van der Waals surface area contributed by atoms with Crippen molar-refractivity contribution < 1.29 is 13.9 Å². The topological polar surface area (TPSA) is 67.6 Å². The summed E-state index contributed by atoms with van der Waals surface area (Å²) in [6, 6.07) is 8.04. The van der Waals surface area contributed by atoms with Crippen LogP contribution in [0.25, 0.3) is 0 Å². The quantitative estimate of drug-likeness (QED) is 0.823. The van der Waals surface area contributed by atoms with Gasteiger partial charge in [0.05, 0.1) is 13.7 Å². The van der Waals surface area contributed by atoms with Gasteiger partial charge in [-0.25, -0.2) is 9.78 Å². The van der Waals surface area contributed by atoms with Crippen LogP contribution in [0.1, 0.15) is 49.2 Å². The molecule has 2 aliphatic rings. The van der Waals surface area contributed by atoms with Crippen LogP contribution in [0.15, 0.2) is 34.9 Å². The second kappa shape index (κ2) is 7.02. The lowest BCUT2D eigenvalue weighted by atomic mass is 10.2. The average Bonchev–Trinajstić information content (AvgIpc) is 3.58. The molecule has 0 saturated heterocycles. The van der Waals surface area contributed by atoms with Crippen LogP contribution < -0.4 is 10.1 Å². The fourth-order valence-corrected chi connectivity index (χ4v) is 3.27. The van der Waals surface area contributed by atoms with Gasteiger partial charge in [0.15, 0.2) is 0 Å². The predicted octanol–water partition coefficient (Wildman–Crippen LogP) is 3.68. The third-order valence-corrected chi connectivity index (χ3v) is 5.18. The summed E-state index contributed by atoms with van der Waals surface area (Å²) in [7, 11) is 1.58. The molecule has 2 atom stereocenters. The summed E-state index contributed by atoms with van der Waals surface area (Å²) >= 11 is 0. The molecule has 2 aromatic heterocycles. The van der Waals surface area contributed by atoms with Crippen molar-refractivity contribution in [2.45, 2.75) is 51.2 Å². The molecule has 0 spiro atoms. The smallest absolute Gasteiger partial charge is 0.318 e. The van der Waals surface area contributed by atoms with Gasteiger partial charge in [-0.15, -0.1) is 0 Å². The number of hydrogen-bond donors (Lipinski definition) is 1. The molecule has 2 heterocycles. The molecule has 2 amide bonds. The van der Waals surface area contributed by atoms with Crippen molar-refractivity contribution in [1.29, 1.82) is 0 Å². The fraction of sp³-hybridized carbons (Fsp3) is 0.500. The first-order chi connectivity index (χ1) is 12.6. The second-order valence-electron chi connectivity index (χ2n) is 7.35. The van der Waals surface area contributed by atoms with Gasteiger partial charge in [-0.1, -0.05) is 6.92 Å². The summed E-state index contributed by atoms with van der Waals surface area (Å²) in [5.74, 6) is 3.76. The minimum Gasteiger partial charge on any atom is -0.481 e. The first-order valence-corrected chi connectivity index (χ1v) is 9.26. The number of carbonyl (C=O) groups excluding carboxylic acids is 1. The van der Waals surface area contributed by atoms with Gasteiger partial charge in [0, 0.05) is 30.8 Å². The Kier molecular flexibility index (Phi) is 4.57. The van der Waals surface area contributed by atoms with E-state index in [0.29, 0.717) is 36.8 Å². The first-order valence-electron chi connectivity index (χ1n) is 9.26. The zero-order chi connectivity index (χ0) is 18.1. The van der Waals surface area contributed by atoms with Gasteiger partial charge in [0.25, 0.3) is 0 Å². The van der Waals surface area contributed by atoms with Crippen LogP contribution in [0.4, 0.5) is 4.79 Å². The van der Waals surface area contributed by atoms with Gasteiger partial charge >= 0.3 is 6.03 Å². The number of pyridine rings is 1. The van der Waals surface area contributed by atoms with E-state index in [2.05, 4.69) is 23.3 Å². The molecule has 1 N–H and O–H groups in total. The van der Waals surface area contributed by atoms with E-state index in [1.165, 1.54) is 6.42 Å². The highest BCUT2D eigenvalue weighted by molar-refractivity contribution is 5.74. The Hall–Kier alpha value is -2.50. The number of furan rings is 1. The van der Waals surface area contributed by atoms with Crippen LogP contribution in [0.2, 0.25) is 0 Å². The maximum atomic E-state index is 12.7. The molecule has 0 aromatic carbocycles. The zero-order valence-electron chi connectivity index (χ0n) is 15.3. The van der Waals surface area contributed by atoms with Gasteiger partial charge in [0.1, 0.15) is 11.5 Å². The molecule has 2 fully saturated rings. The SMILES string of the molecule is COc1cc(CNC(=O)N(Cc2ccc(C3CC3C)o2)C2CC2)ccn1. The minimum atomic E-state index is -0.0546. The van der Waals surface area contributed by atoms with E-state index in [0.717, 1.165) is 29.9 Å². The Morgan fingerprint density at radius 1 is 1.38 bits per heavy atom. The molecule has 2 unspecified atom stereocenters. The van der Waals surface area contributed by atoms with Gasteiger partial charge < -0.3 is 19.4 Å². The molecular weight excluding hydrogens is 330 g/mol. The van der Waals surface area contributed by atoms with E-state index >= 15 is 0 Å². The standard InChI is InChI=1S/C20H25N3O3/c1-13-9-17(13)18-6-5-16(26-18)12-23(15-3-4-15)20(24)22-11-14-7-8-21-19(10-14)25-2/h5-8,10,13,15,17H,3-4,9,11-12H2,1-2H3,(H,22,24). The second-order valence-corrected chi connectivity index (χ2v) is 7.35. The number of nitrogens with one attached hydrogen (secondary N) is 1. The Balaban J connectivity index is 1.36. The number of carbonyl (C=O) groups is 1. The van der Waals surface area contributed by atoms with Gasteiger partial charge in [-0.05, 0) is 48.9 Å². The van der Waals surface area contributed by atoms with Crippen LogP contribution in [0.5, 0.6) is 5.88 Å². The Morgan fingerprint density at radius 3 is 2.88 bits per heavy atom. The number of hydrogen-bond acceptors (Lipinski definition) is 4. The number of amides is 2. The Morgan fingerprint density at radius 2 is 2.19 bits per heavy atom. The van der Waals surface area contributed by atoms with E-state index in [4.69, 9.17) is 9.15 Å². The van der Waals surface area contributed by atoms with Crippen molar-refractivity contribution in [3.05, 3.63) is 47.5 Å². The van der Waals surface area contributed by atoms with Crippen molar-refractivity contribution in [1.82, 2.24) is 15.2 Å². The molecule has 6 nitrogen and oxygen atoms in total. The summed E-state index contributed by atoms with van der Waals surface area (Å²) in [5, 5.41) is 3.00. The van der Waals surface area contributed by atoms with Crippen LogP contribution in [-0.4, -0.2) is 29.1 Å². The normalized spacial score (nSPS) is 21.3. The largest absolute Gasteiger partial charge is 0.481 e. The summed E-state index contributed by atoms with van der Waals surface area (Å²) in [4.78, 5) is 18.7. The third-order valence-electron chi connectivity index (χ3n) is 5.18. The minimum absolute atomic E-state index is 0.0546. The molecular formula is C20H25N3O3. The number of ether oxygens (including phenoxy) is 1. The van der Waals surface area contributed by atoms with Crippen LogP contribution >= 0.6 is 0 Å². The zero-order valence-corrected chi connectivity index (χ0v) is 15.3. The lowest BCUT2D eigenvalue weighted by molar-refractivity contribution is 0.186. The molecule has 2 aliphatic carbocycles. The molecule has 26 heavy (non-hydrogen) atoms. The molecule has 0 radical (unpaired) electrons. The number of methoxy groups -OCH3 is 1. The summed E-state index contributed by atoms with van der Waals surface area (Å²) in [6.45, 7) is 3.21. The van der Waals surface area contributed by atoms with Crippen molar-refractivity contribution in [3.8, 4) is 5.88 Å². The highest BCUT2D eigenvalue weighted by Gasteiger charge is 2.37. The van der Waals surface area contributed by atoms with Gasteiger partial charge in [-0.3, -0.25) is 0 Å². The van der Waals surface area contributed by atoms with E-state index in [9.17, 15) is 4.79 Å². The fourth-order valence-electron chi connectivity index (χ4n) is 3.27. The van der Waals surface area contributed by atoms with Gasteiger partial charge in [-0.2, -0.15) is 0 Å². The summed E-state index contributed by atoms with van der Waals surface area (Å²) in [6.07, 6.45) is 5.00. The van der Waals surface area contributed by atoms with Crippen molar-refractivity contribution in [2.75, 3.05) is 7.11 Å².